The van der Waals surface area contributed by atoms with Crippen LogP contribution in [0.15, 0.2) is 12.1 Å². The highest BCUT2D eigenvalue weighted by Gasteiger charge is 2.17. The number of ether oxygens (including phenoxy) is 2. The summed E-state index contributed by atoms with van der Waals surface area (Å²) in [4.78, 5) is 11.6. The molecule has 0 aromatic heterocycles. The van der Waals surface area contributed by atoms with Crippen molar-refractivity contribution >= 4 is 28.6 Å². The van der Waals surface area contributed by atoms with E-state index in [9.17, 15) is 4.79 Å². The second-order valence-electron chi connectivity index (χ2n) is 2.84. The summed E-state index contributed by atoms with van der Waals surface area (Å²) in [5.41, 5.74) is 0.563. The fraction of sp³-hybridized carbons (Fsp3) is 0.273. The molecule has 0 aliphatic carbocycles. The van der Waals surface area contributed by atoms with Crippen LogP contribution in [0.2, 0.25) is 0 Å². The molecule has 1 aromatic carbocycles. The van der Waals surface area contributed by atoms with Gasteiger partial charge in [-0.15, -0.1) is 0 Å². The molecule has 0 amide bonds. The lowest BCUT2D eigenvalue weighted by atomic mass is 10.1. The number of halogens is 1. The van der Waals surface area contributed by atoms with Gasteiger partial charge in [-0.2, -0.15) is 5.26 Å². The molecule has 0 bridgehead atoms. The van der Waals surface area contributed by atoms with E-state index in [2.05, 4.69) is 0 Å². The SMILES string of the molecule is CCOC(=O)c1ccc(OC)c(I)c1C#N. The number of nitrogens with zero attached hydrogens (tertiary/aromatic N) is 1. The van der Waals surface area contributed by atoms with Gasteiger partial charge in [0.1, 0.15) is 11.8 Å². The molecule has 0 aliphatic heterocycles. The van der Waals surface area contributed by atoms with Crippen LogP contribution < -0.4 is 4.74 Å². The van der Waals surface area contributed by atoms with Crippen molar-refractivity contribution in [3.63, 3.8) is 0 Å². The van der Waals surface area contributed by atoms with Gasteiger partial charge in [0.2, 0.25) is 0 Å². The van der Waals surface area contributed by atoms with E-state index in [4.69, 9.17) is 14.7 Å². The molecule has 0 N–H and O–H groups in total. The Morgan fingerprint density at radius 2 is 2.25 bits per heavy atom. The molecular formula is C11H10INO3. The first-order chi connectivity index (χ1) is 7.65. The van der Waals surface area contributed by atoms with Crippen LogP contribution in [-0.4, -0.2) is 19.7 Å². The number of benzene rings is 1. The van der Waals surface area contributed by atoms with Crippen molar-refractivity contribution in [1.29, 1.82) is 5.26 Å². The number of hydrogen-bond donors (Lipinski definition) is 0. The Hall–Kier alpha value is -1.29. The maximum absolute atomic E-state index is 11.6. The summed E-state index contributed by atoms with van der Waals surface area (Å²) in [5.74, 6) is 0.0878. The summed E-state index contributed by atoms with van der Waals surface area (Å²) in [7, 11) is 1.52. The maximum Gasteiger partial charge on any atom is 0.339 e. The van der Waals surface area contributed by atoms with E-state index in [1.807, 2.05) is 28.7 Å². The van der Waals surface area contributed by atoms with Crippen molar-refractivity contribution in [3.05, 3.63) is 26.8 Å². The fourth-order valence-corrected chi connectivity index (χ4v) is 2.01. The molecule has 16 heavy (non-hydrogen) atoms. The Kier molecular flexibility index (Phi) is 4.55. The van der Waals surface area contributed by atoms with Gasteiger partial charge in [0.25, 0.3) is 0 Å². The molecule has 84 valence electrons. The van der Waals surface area contributed by atoms with Crippen LogP contribution in [-0.2, 0) is 4.74 Å². The third-order valence-electron chi connectivity index (χ3n) is 1.93. The summed E-state index contributed by atoms with van der Waals surface area (Å²) in [6.45, 7) is 2.00. The predicted octanol–water partition coefficient (Wildman–Crippen LogP) is 2.35. The zero-order valence-corrected chi connectivity index (χ0v) is 11.1. The van der Waals surface area contributed by atoms with Gasteiger partial charge >= 0.3 is 5.97 Å². The van der Waals surface area contributed by atoms with Crippen molar-refractivity contribution in [1.82, 2.24) is 0 Å². The molecule has 0 saturated carbocycles. The highest BCUT2D eigenvalue weighted by atomic mass is 127. The first-order valence-corrected chi connectivity index (χ1v) is 5.67. The first-order valence-electron chi connectivity index (χ1n) is 4.59. The van der Waals surface area contributed by atoms with Gasteiger partial charge in [-0.1, -0.05) is 0 Å². The number of esters is 1. The van der Waals surface area contributed by atoms with Crippen molar-refractivity contribution in [2.24, 2.45) is 0 Å². The molecule has 4 nitrogen and oxygen atoms in total. The van der Waals surface area contributed by atoms with Gasteiger partial charge < -0.3 is 9.47 Å². The smallest absolute Gasteiger partial charge is 0.339 e. The molecule has 0 fully saturated rings. The molecule has 0 heterocycles. The lowest BCUT2D eigenvalue weighted by Gasteiger charge is -2.08. The number of nitriles is 1. The van der Waals surface area contributed by atoms with E-state index >= 15 is 0 Å². The number of methoxy groups -OCH3 is 1. The van der Waals surface area contributed by atoms with E-state index in [-0.39, 0.29) is 12.2 Å². The lowest BCUT2D eigenvalue weighted by molar-refractivity contribution is 0.0526. The zero-order valence-electron chi connectivity index (χ0n) is 8.91. The Morgan fingerprint density at radius 1 is 1.56 bits per heavy atom. The van der Waals surface area contributed by atoms with Crippen molar-refractivity contribution in [2.45, 2.75) is 6.92 Å². The summed E-state index contributed by atoms with van der Waals surface area (Å²) in [6, 6.07) is 5.18. The van der Waals surface area contributed by atoms with Gasteiger partial charge in [0.15, 0.2) is 0 Å². The molecular weight excluding hydrogens is 321 g/mol. The van der Waals surface area contributed by atoms with Crippen LogP contribution in [0.25, 0.3) is 0 Å². The number of carbonyl (C=O) groups is 1. The number of carbonyl (C=O) groups excluding carboxylic acids is 1. The molecule has 0 aliphatic rings. The van der Waals surface area contributed by atoms with Crippen molar-refractivity contribution < 1.29 is 14.3 Å². The molecule has 1 aromatic rings. The van der Waals surface area contributed by atoms with E-state index in [1.165, 1.54) is 13.2 Å². The van der Waals surface area contributed by atoms with Crippen LogP contribution in [0.3, 0.4) is 0 Å². The Balaban J connectivity index is 3.27. The fourth-order valence-electron chi connectivity index (χ4n) is 1.20. The second kappa shape index (κ2) is 5.70. The maximum atomic E-state index is 11.6. The molecule has 0 saturated heterocycles. The van der Waals surface area contributed by atoms with Crippen LogP contribution in [0, 0.1) is 14.9 Å². The average Bonchev–Trinajstić information content (AvgIpc) is 2.28. The molecule has 1 rings (SSSR count). The highest BCUT2D eigenvalue weighted by molar-refractivity contribution is 14.1. The van der Waals surface area contributed by atoms with Crippen LogP contribution in [0.4, 0.5) is 0 Å². The lowest BCUT2D eigenvalue weighted by Crippen LogP contribution is -2.08. The van der Waals surface area contributed by atoms with Gasteiger partial charge in [-0.05, 0) is 41.6 Å². The average molecular weight is 331 g/mol. The molecule has 0 spiro atoms. The third kappa shape index (κ3) is 2.44. The highest BCUT2D eigenvalue weighted by Crippen LogP contribution is 2.27. The van der Waals surface area contributed by atoms with Gasteiger partial charge in [-0.25, -0.2) is 4.79 Å². The molecule has 0 unspecified atom stereocenters. The van der Waals surface area contributed by atoms with Crippen LogP contribution in [0.1, 0.15) is 22.8 Å². The van der Waals surface area contributed by atoms with Crippen molar-refractivity contribution in [3.8, 4) is 11.8 Å². The van der Waals surface area contributed by atoms with E-state index < -0.39 is 5.97 Å². The zero-order chi connectivity index (χ0) is 12.1. The van der Waals surface area contributed by atoms with Crippen LogP contribution >= 0.6 is 22.6 Å². The first kappa shape index (κ1) is 12.8. The minimum Gasteiger partial charge on any atom is -0.496 e. The van der Waals surface area contributed by atoms with Gasteiger partial charge in [0.05, 0.1) is 28.4 Å². The molecule has 0 atom stereocenters. The standard InChI is InChI=1S/C11H10INO3/c1-3-16-11(14)7-4-5-9(15-2)10(12)8(7)6-13/h4-5H,3H2,1-2H3. The van der Waals surface area contributed by atoms with Gasteiger partial charge in [-0.3, -0.25) is 0 Å². The molecule has 5 heteroatoms. The number of hydrogen-bond acceptors (Lipinski definition) is 4. The number of rotatable bonds is 3. The third-order valence-corrected chi connectivity index (χ3v) is 3.00. The summed E-state index contributed by atoms with van der Waals surface area (Å²) in [5, 5.41) is 9.02. The van der Waals surface area contributed by atoms with Crippen molar-refractivity contribution in [2.75, 3.05) is 13.7 Å². The minimum absolute atomic E-state index is 0.273. The van der Waals surface area contributed by atoms with E-state index in [0.29, 0.717) is 14.9 Å². The monoisotopic (exact) mass is 331 g/mol. The van der Waals surface area contributed by atoms with E-state index in [0.717, 1.165) is 0 Å². The summed E-state index contributed by atoms with van der Waals surface area (Å²) >= 11 is 1.97. The summed E-state index contributed by atoms with van der Waals surface area (Å²) in [6.07, 6.45) is 0. The Labute approximate surface area is 107 Å². The quantitative estimate of drug-likeness (QED) is 0.630. The normalized spacial score (nSPS) is 9.38. The predicted molar refractivity (Wildman–Crippen MR) is 66.4 cm³/mol. The topological polar surface area (TPSA) is 59.3 Å². The Morgan fingerprint density at radius 3 is 2.75 bits per heavy atom. The molecule has 0 radical (unpaired) electrons. The van der Waals surface area contributed by atoms with E-state index in [1.54, 1.807) is 13.0 Å². The minimum atomic E-state index is -0.486. The summed E-state index contributed by atoms with van der Waals surface area (Å²) < 4.78 is 10.6. The Bertz CT molecular complexity index is 451. The second-order valence-corrected chi connectivity index (χ2v) is 3.92. The largest absolute Gasteiger partial charge is 0.496 e. The van der Waals surface area contributed by atoms with Gasteiger partial charge in [0, 0.05) is 0 Å². The van der Waals surface area contributed by atoms with Crippen LogP contribution in [0.5, 0.6) is 5.75 Å².